The van der Waals surface area contributed by atoms with Gasteiger partial charge in [-0.05, 0) is 36.4 Å². The van der Waals surface area contributed by atoms with Crippen molar-refractivity contribution in [1.29, 1.82) is 0 Å². The third-order valence-electron chi connectivity index (χ3n) is 3.01. The Morgan fingerprint density at radius 1 is 1.10 bits per heavy atom. The Morgan fingerprint density at radius 2 is 1.70 bits per heavy atom. The number of benzene rings is 1. The molecule has 0 saturated carbocycles. The summed E-state index contributed by atoms with van der Waals surface area (Å²) in [4.78, 5) is -0.00928. The average Bonchev–Trinajstić information content (AvgIpc) is 2.43. The van der Waals surface area contributed by atoms with E-state index in [2.05, 4.69) is 0 Å². The molecule has 114 valence electrons. The second-order valence-corrected chi connectivity index (χ2v) is 6.55. The van der Waals surface area contributed by atoms with E-state index in [1.165, 1.54) is 12.1 Å². The second kappa shape index (κ2) is 8.34. The van der Waals surface area contributed by atoms with Gasteiger partial charge in [0.05, 0.1) is 4.90 Å². The summed E-state index contributed by atoms with van der Waals surface area (Å²) in [6.07, 6.45) is 3.11. The highest BCUT2D eigenvalue weighted by atomic mass is 32.2. The molecule has 0 amide bonds. The van der Waals surface area contributed by atoms with Gasteiger partial charge in [0.15, 0.2) is 0 Å². The molecule has 1 rings (SSSR count). The molecule has 0 unspecified atom stereocenters. The van der Waals surface area contributed by atoms with E-state index in [0.29, 0.717) is 13.0 Å². The molecule has 0 aliphatic carbocycles. The van der Waals surface area contributed by atoms with Gasteiger partial charge in [-0.1, -0.05) is 30.5 Å². The highest BCUT2D eigenvalue weighted by Gasteiger charge is 2.23. The van der Waals surface area contributed by atoms with Crippen LogP contribution in [-0.4, -0.2) is 33.2 Å². The topological polar surface area (TPSA) is 46.6 Å². The van der Waals surface area contributed by atoms with Gasteiger partial charge >= 0.3 is 0 Å². The van der Waals surface area contributed by atoms with E-state index in [1.807, 2.05) is 6.92 Å². The molecule has 0 N–H and O–H groups in total. The van der Waals surface area contributed by atoms with Crippen LogP contribution in [0.3, 0.4) is 0 Å². The fourth-order valence-electron chi connectivity index (χ4n) is 1.78. The predicted molar refractivity (Wildman–Crippen MR) is 76.5 cm³/mol. The molecule has 0 atom stereocenters. The van der Waals surface area contributed by atoms with Crippen molar-refractivity contribution in [2.24, 2.45) is 0 Å². The highest BCUT2D eigenvalue weighted by molar-refractivity contribution is 7.89. The third-order valence-corrected chi connectivity index (χ3v) is 4.58. The summed E-state index contributed by atoms with van der Waals surface area (Å²) in [6.45, 7) is 2.42. The van der Waals surface area contributed by atoms with Crippen LogP contribution in [0.15, 0.2) is 29.2 Å². The van der Waals surface area contributed by atoms with Crippen LogP contribution in [0.2, 0.25) is 0 Å². The fraction of sp³-hybridized carbons (Fsp3) is 0.571. The van der Waals surface area contributed by atoms with Gasteiger partial charge in [-0.2, -0.15) is 0 Å². The smallest absolute Gasteiger partial charge is 0.269 e. The van der Waals surface area contributed by atoms with Crippen LogP contribution in [0, 0.1) is 6.92 Å². The normalized spacial score (nSPS) is 12.0. The molecule has 0 aliphatic rings. The first kappa shape index (κ1) is 17.1. The Morgan fingerprint density at radius 3 is 2.30 bits per heavy atom. The summed E-state index contributed by atoms with van der Waals surface area (Å²) < 4.78 is 42.5. The molecule has 0 aliphatic heterocycles. The summed E-state index contributed by atoms with van der Waals surface area (Å²) in [5, 5.41) is 0. The molecule has 6 heteroatoms. The minimum atomic E-state index is -4.01. The maximum absolute atomic E-state index is 13.8. The number of unbranched alkanes of at least 4 members (excludes halogenated alkanes) is 3. The molecule has 1 aromatic carbocycles. The molecule has 0 fully saturated rings. The Hall–Kier alpha value is -0.980. The van der Waals surface area contributed by atoms with E-state index < -0.39 is 10.0 Å². The van der Waals surface area contributed by atoms with E-state index in [1.54, 1.807) is 19.2 Å². The van der Waals surface area contributed by atoms with Crippen molar-refractivity contribution in [3.05, 3.63) is 29.8 Å². The molecule has 0 spiro atoms. The lowest BCUT2D eigenvalue weighted by atomic mass is 10.2. The van der Waals surface area contributed by atoms with Gasteiger partial charge in [0.1, 0.15) is 0 Å². The summed E-state index contributed by atoms with van der Waals surface area (Å²) in [5.74, 6) is 0. The number of methoxy groups -OCH3 is 1. The largest absolute Gasteiger partial charge is 0.385 e. The lowest BCUT2D eigenvalue weighted by Crippen LogP contribution is -2.24. The van der Waals surface area contributed by atoms with Crippen molar-refractivity contribution in [3.8, 4) is 0 Å². The van der Waals surface area contributed by atoms with E-state index in [9.17, 15) is 12.9 Å². The van der Waals surface area contributed by atoms with Crippen LogP contribution in [0.1, 0.15) is 31.2 Å². The number of aryl methyl sites for hydroxylation is 1. The monoisotopic (exact) mass is 303 g/mol. The fourth-order valence-corrected chi connectivity index (χ4v) is 2.86. The van der Waals surface area contributed by atoms with Crippen molar-refractivity contribution in [1.82, 2.24) is 4.53 Å². The number of rotatable bonds is 9. The highest BCUT2D eigenvalue weighted by Crippen LogP contribution is 2.17. The molecule has 1 aromatic rings. The van der Waals surface area contributed by atoms with Gasteiger partial charge in [-0.25, -0.2) is 8.42 Å². The molecule has 0 radical (unpaired) electrons. The van der Waals surface area contributed by atoms with E-state index in [-0.39, 0.29) is 16.0 Å². The summed E-state index contributed by atoms with van der Waals surface area (Å²) >= 11 is 0. The van der Waals surface area contributed by atoms with Crippen molar-refractivity contribution in [3.63, 3.8) is 0 Å². The molecule has 0 heterocycles. The van der Waals surface area contributed by atoms with Crippen molar-refractivity contribution < 1.29 is 17.6 Å². The van der Waals surface area contributed by atoms with Gasteiger partial charge in [-0.3, -0.25) is 0 Å². The van der Waals surface area contributed by atoms with Gasteiger partial charge in [0.2, 0.25) is 0 Å². The van der Waals surface area contributed by atoms with Crippen molar-refractivity contribution >= 4 is 10.0 Å². The van der Waals surface area contributed by atoms with Crippen LogP contribution < -0.4 is 0 Å². The van der Waals surface area contributed by atoms with Crippen LogP contribution in [0.5, 0.6) is 0 Å². The van der Waals surface area contributed by atoms with Gasteiger partial charge < -0.3 is 4.74 Å². The van der Waals surface area contributed by atoms with E-state index in [0.717, 1.165) is 24.8 Å². The van der Waals surface area contributed by atoms with Gasteiger partial charge in [-0.15, -0.1) is 4.48 Å². The second-order valence-electron chi connectivity index (χ2n) is 4.74. The molecular formula is C14H22FNO3S. The summed E-state index contributed by atoms with van der Waals surface area (Å²) in [6, 6.07) is 6.17. The van der Waals surface area contributed by atoms with Gasteiger partial charge in [0, 0.05) is 20.3 Å². The first-order chi connectivity index (χ1) is 9.48. The van der Waals surface area contributed by atoms with Crippen LogP contribution in [0.4, 0.5) is 4.48 Å². The lowest BCUT2D eigenvalue weighted by Gasteiger charge is -2.12. The third kappa shape index (κ3) is 5.19. The molecule has 0 aromatic heterocycles. The summed E-state index contributed by atoms with van der Waals surface area (Å²) in [7, 11) is -2.37. The Labute approximate surface area is 120 Å². The predicted octanol–water partition coefficient (Wildman–Crippen LogP) is 3.08. The zero-order valence-corrected chi connectivity index (χ0v) is 12.8. The zero-order chi connectivity index (χ0) is 15.0. The minimum Gasteiger partial charge on any atom is -0.385 e. The molecule has 20 heavy (non-hydrogen) atoms. The quantitative estimate of drug-likeness (QED) is 0.520. The Bertz CT molecular complexity index is 488. The Kier molecular flexibility index (Phi) is 7.12. The first-order valence-corrected chi connectivity index (χ1v) is 8.16. The first-order valence-electron chi connectivity index (χ1n) is 6.72. The number of halogens is 1. The van der Waals surface area contributed by atoms with E-state index >= 15 is 0 Å². The maximum Gasteiger partial charge on any atom is 0.269 e. The van der Waals surface area contributed by atoms with E-state index in [4.69, 9.17) is 4.74 Å². The number of nitrogens with zero attached hydrogens (tertiary/aromatic N) is 1. The molecule has 0 bridgehead atoms. The van der Waals surface area contributed by atoms with Crippen LogP contribution in [-0.2, 0) is 14.8 Å². The number of ether oxygens (including phenoxy) is 1. The number of hydrogen-bond acceptors (Lipinski definition) is 3. The maximum atomic E-state index is 13.8. The zero-order valence-electron chi connectivity index (χ0n) is 12.0. The number of sulfonamides is 1. The SMILES string of the molecule is COCCCCCCN(F)S(=O)(=O)c1ccc(C)cc1. The molecular weight excluding hydrogens is 281 g/mol. The average molecular weight is 303 g/mol. The Balaban J connectivity index is 2.45. The lowest BCUT2D eigenvalue weighted by molar-refractivity contribution is 0.135. The van der Waals surface area contributed by atoms with Crippen LogP contribution in [0.25, 0.3) is 0 Å². The summed E-state index contributed by atoms with van der Waals surface area (Å²) in [5.41, 5.74) is 0.938. The van der Waals surface area contributed by atoms with Crippen LogP contribution >= 0.6 is 0 Å². The molecule has 0 saturated heterocycles. The van der Waals surface area contributed by atoms with Crippen molar-refractivity contribution in [2.45, 2.75) is 37.5 Å². The number of hydrogen-bond donors (Lipinski definition) is 0. The van der Waals surface area contributed by atoms with Crippen molar-refractivity contribution in [2.75, 3.05) is 20.3 Å². The minimum absolute atomic E-state index is 0.00928. The molecule has 4 nitrogen and oxygen atoms in total. The van der Waals surface area contributed by atoms with Gasteiger partial charge in [0.25, 0.3) is 10.0 Å². The standard InChI is InChI=1S/C14H22FNO3S/c1-13-7-9-14(10-8-13)20(17,18)16(15)11-5-3-4-6-12-19-2/h7-10H,3-6,11-12H2,1-2H3.